The quantitative estimate of drug-likeness (QED) is 0.592. The number of nitrogens with one attached hydrogen (secondary N) is 3. The molecule has 0 spiro atoms. The summed E-state index contributed by atoms with van der Waals surface area (Å²) in [4.78, 5) is 13.3. The molecular formula is C19H20N8. The molecule has 0 aliphatic heterocycles. The highest BCUT2D eigenvalue weighted by Crippen LogP contribution is 2.39. The number of anilines is 3. The van der Waals surface area contributed by atoms with Gasteiger partial charge in [0.05, 0.1) is 11.6 Å². The molecule has 136 valence electrons. The first kappa shape index (κ1) is 17.0. The molecule has 2 aromatic heterocycles. The van der Waals surface area contributed by atoms with Crippen LogP contribution in [-0.2, 0) is 13.0 Å². The number of benzene rings is 1. The van der Waals surface area contributed by atoms with E-state index < -0.39 is 0 Å². The van der Waals surface area contributed by atoms with Crippen LogP contribution in [0.2, 0.25) is 0 Å². The van der Waals surface area contributed by atoms with Crippen LogP contribution < -0.4 is 10.6 Å². The highest BCUT2D eigenvalue weighted by Gasteiger charge is 2.25. The lowest BCUT2D eigenvalue weighted by Gasteiger charge is -2.09. The molecule has 0 saturated heterocycles. The molecule has 4 rings (SSSR count). The van der Waals surface area contributed by atoms with E-state index in [9.17, 15) is 0 Å². The van der Waals surface area contributed by atoms with Crippen LogP contribution in [0, 0.1) is 11.3 Å². The van der Waals surface area contributed by atoms with Crippen LogP contribution in [0.5, 0.6) is 0 Å². The van der Waals surface area contributed by atoms with Gasteiger partial charge in [-0.05, 0) is 30.5 Å². The van der Waals surface area contributed by atoms with Crippen molar-refractivity contribution in [1.29, 1.82) is 5.26 Å². The zero-order valence-electron chi connectivity index (χ0n) is 15.0. The van der Waals surface area contributed by atoms with Gasteiger partial charge in [0.2, 0.25) is 11.9 Å². The second-order valence-electron chi connectivity index (χ2n) is 6.52. The van der Waals surface area contributed by atoms with Crippen molar-refractivity contribution in [3.8, 4) is 6.07 Å². The summed E-state index contributed by atoms with van der Waals surface area (Å²) in [6.45, 7) is 2.57. The molecule has 0 radical (unpaired) electrons. The summed E-state index contributed by atoms with van der Waals surface area (Å²) in [5, 5.41) is 22.6. The van der Waals surface area contributed by atoms with Crippen molar-refractivity contribution in [2.75, 3.05) is 10.6 Å². The van der Waals surface area contributed by atoms with Crippen LogP contribution in [0.25, 0.3) is 0 Å². The van der Waals surface area contributed by atoms with Crippen LogP contribution >= 0.6 is 0 Å². The smallest absolute Gasteiger partial charge is 0.233 e. The Morgan fingerprint density at radius 2 is 1.93 bits per heavy atom. The van der Waals surface area contributed by atoms with Gasteiger partial charge in [0.15, 0.2) is 5.82 Å². The normalized spacial score (nSPS) is 13.2. The third-order valence-corrected chi connectivity index (χ3v) is 4.39. The zero-order chi connectivity index (χ0) is 18.6. The predicted molar refractivity (Wildman–Crippen MR) is 102 cm³/mol. The average Bonchev–Trinajstić information content (AvgIpc) is 3.46. The number of hydrogen-bond donors (Lipinski definition) is 3. The van der Waals surface area contributed by atoms with Crippen molar-refractivity contribution < 1.29 is 0 Å². The molecule has 8 nitrogen and oxygen atoms in total. The van der Waals surface area contributed by atoms with E-state index in [1.165, 1.54) is 12.8 Å². The fraction of sp³-hybridized carbons (Fsp3) is 0.316. The minimum absolute atomic E-state index is 0.470. The highest BCUT2D eigenvalue weighted by molar-refractivity contribution is 5.50. The molecule has 1 saturated carbocycles. The molecule has 1 aliphatic rings. The summed E-state index contributed by atoms with van der Waals surface area (Å²) < 4.78 is 0. The van der Waals surface area contributed by atoms with Gasteiger partial charge in [0, 0.05) is 30.6 Å². The highest BCUT2D eigenvalue weighted by atomic mass is 15.3. The molecule has 0 atom stereocenters. The van der Waals surface area contributed by atoms with E-state index in [0.29, 0.717) is 48.0 Å². The van der Waals surface area contributed by atoms with Gasteiger partial charge in [-0.15, -0.1) is 0 Å². The van der Waals surface area contributed by atoms with E-state index in [-0.39, 0.29) is 0 Å². The molecule has 3 N–H and O–H groups in total. The topological polar surface area (TPSA) is 115 Å². The van der Waals surface area contributed by atoms with Gasteiger partial charge < -0.3 is 10.6 Å². The van der Waals surface area contributed by atoms with Crippen molar-refractivity contribution in [2.24, 2.45) is 0 Å². The number of rotatable bonds is 7. The molecule has 8 heteroatoms. The number of nitrogens with zero attached hydrogens (tertiary/aromatic N) is 5. The van der Waals surface area contributed by atoms with Gasteiger partial charge >= 0.3 is 0 Å². The van der Waals surface area contributed by atoms with Crippen molar-refractivity contribution in [1.82, 2.24) is 25.1 Å². The van der Waals surface area contributed by atoms with Gasteiger partial charge in [-0.2, -0.15) is 25.3 Å². The van der Waals surface area contributed by atoms with E-state index in [1.807, 2.05) is 25.1 Å². The number of aromatic amines is 1. The van der Waals surface area contributed by atoms with Gasteiger partial charge in [-0.1, -0.05) is 19.1 Å². The first-order chi connectivity index (χ1) is 13.2. The van der Waals surface area contributed by atoms with Crippen LogP contribution in [0.15, 0.2) is 30.3 Å². The Morgan fingerprint density at radius 3 is 2.63 bits per heavy atom. The van der Waals surface area contributed by atoms with E-state index >= 15 is 0 Å². The van der Waals surface area contributed by atoms with Gasteiger partial charge in [-0.25, -0.2) is 0 Å². The van der Waals surface area contributed by atoms with E-state index in [2.05, 4.69) is 41.9 Å². The third-order valence-electron chi connectivity index (χ3n) is 4.39. The molecule has 2 heterocycles. The summed E-state index contributed by atoms with van der Waals surface area (Å²) >= 11 is 0. The number of nitriles is 1. The van der Waals surface area contributed by atoms with Crippen molar-refractivity contribution in [3.63, 3.8) is 0 Å². The second-order valence-corrected chi connectivity index (χ2v) is 6.52. The summed E-state index contributed by atoms with van der Waals surface area (Å²) in [7, 11) is 0. The zero-order valence-corrected chi connectivity index (χ0v) is 15.0. The van der Waals surface area contributed by atoms with Crippen LogP contribution in [-0.4, -0.2) is 25.1 Å². The van der Waals surface area contributed by atoms with Crippen LogP contribution in [0.1, 0.15) is 48.3 Å². The van der Waals surface area contributed by atoms with E-state index in [1.54, 1.807) is 12.1 Å². The number of hydrogen-bond acceptors (Lipinski definition) is 7. The summed E-state index contributed by atoms with van der Waals surface area (Å²) in [5.41, 5.74) is 2.84. The standard InChI is InChI=1S/C19H20N8/c1-2-16-22-18(21-11-13-5-3-12(10-20)4-6-13)25-19(23-16)24-17-9-15(26-27-17)14-7-8-14/h3-6,9,14H,2,7-8,11H2,1H3,(H3,21,22,23,24,25,26,27). The molecule has 1 aromatic carbocycles. The van der Waals surface area contributed by atoms with Crippen molar-refractivity contribution in [2.45, 2.75) is 38.6 Å². The first-order valence-corrected chi connectivity index (χ1v) is 9.03. The Morgan fingerprint density at radius 1 is 1.15 bits per heavy atom. The minimum atomic E-state index is 0.470. The SMILES string of the molecule is CCc1nc(NCc2ccc(C#N)cc2)nc(Nc2cc(C3CC3)[nH]n2)n1. The fourth-order valence-electron chi connectivity index (χ4n) is 2.71. The predicted octanol–water partition coefficient (Wildman–Crippen LogP) is 3.26. The maximum Gasteiger partial charge on any atom is 0.233 e. The summed E-state index contributed by atoms with van der Waals surface area (Å²) in [5.74, 6) is 3.00. The average molecular weight is 360 g/mol. The lowest BCUT2D eigenvalue weighted by atomic mass is 10.1. The Balaban J connectivity index is 1.46. The third kappa shape index (κ3) is 4.20. The number of aryl methyl sites for hydroxylation is 1. The van der Waals surface area contributed by atoms with Crippen molar-refractivity contribution >= 4 is 17.7 Å². The number of H-pyrrole nitrogens is 1. The number of aromatic nitrogens is 5. The molecule has 1 fully saturated rings. The van der Waals surface area contributed by atoms with E-state index in [4.69, 9.17) is 5.26 Å². The van der Waals surface area contributed by atoms with Crippen LogP contribution in [0.3, 0.4) is 0 Å². The second kappa shape index (κ2) is 7.41. The molecule has 0 amide bonds. The molecule has 0 unspecified atom stereocenters. The molecule has 3 aromatic rings. The minimum Gasteiger partial charge on any atom is -0.350 e. The Labute approximate surface area is 157 Å². The van der Waals surface area contributed by atoms with Gasteiger partial charge in [0.25, 0.3) is 0 Å². The lowest BCUT2D eigenvalue weighted by Crippen LogP contribution is -2.09. The monoisotopic (exact) mass is 360 g/mol. The molecule has 0 bridgehead atoms. The largest absolute Gasteiger partial charge is 0.350 e. The summed E-state index contributed by atoms with van der Waals surface area (Å²) in [6.07, 6.45) is 3.14. The van der Waals surface area contributed by atoms with Crippen LogP contribution in [0.4, 0.5) is 17.7 Å². The van der Waals surface area contributed by atoms with Gasteiger partial charge in [-0.3, -0.25) is 5.10 Å². The first-order valence-electron chi connectivity index (χ1n) is 9.03. The Hall–Kier alpha value is -3.47. The Kier molecular flexibility index (Phi) is 4.66. The molecule has 1 aliphatic carbocycles. The fourth-order valence-corrected chi connectivity index (χ4v) is 2.71. The lowest BCUT2D eigenvalue weighted by molar-refractivity contribution is 0.894. The maximum atomic E-state index is 8.87. The Bertz CT molecular complexity index is 966. The van der Waals surface area contributed by atoms with Gasteiger partial charge in [0.1, 0.15) is 5.82 Å². The maximum absolute atomic E-state index is 8.87. The van der Waals surface area contributed by atoms with Crippen molar-refractivity contribution in [3.05, 3.63) is 53.0 Å². The van der Waals surface area contributed by atoms with E-state index in [0.717, 1.165) is 11.3 Å². The molecule has 27 heavy (non-hydrogen) atoms. The molecular weight excluding hydrogens is 340 g/mol. The summed E-state index contributed by atoms with van der Waals surface area (Å²) in [6, 6.07) is 11.5.